The molecule has 1 fully saturated rings. The first-order valence-corrected chi connectivity index (χ1v) is 10.1. The van der Waals surface area contributed by atoms with E-state index in [4.69, 9.17) is 0 Å². The molecule has 0 radical (unpaired) electrons. The van der Waals surface area contributed by atoms with Crippen molar-refractivity contribution < 1.29 is 13.3 Å². The van der Waals surface area contributed by atoms with Gasteiger partial charge in [0.1, 0.15) is 0 Å². The van der Waals surface area contributed by atoms with Crippen LogP contribution in [-0.2, 0) is 16.4 Å². The van der Waals surface area contributed by atoms with Gasteiger partial charge in [0.2, 0.25) is 10.0 Å². The third-order valence-electron chi connectivity index (χ3n) is 4.86. The van der Waals surface area contributed by atoms with E-state index in [1.807, 2.05) is 0 Å². The zero-order valence-electron chi connectivity index (χ0n) is 14.7. The fraction of sp³-hybridized carbons (Fsp3) is 0.368. The Balaban J connectivity index is 1.70. The highest BCUT2D eigenvalue weighted by atomic mass is 32.2. The molecule has 0 unspecified atom stereocenters. The molecule has 3 rings (SSSR count). The third kappa shape index (κ3) is 4.11. The lowest BCUT2D eigenvalue weighted by molar-refractivity contribution is -0.384. The molecule has 1 aliphatic heterocycles. The summed E-state index contributed by atoms with van der Waals surface area (Å²) in [5.74, 6) is 0.575. The van der Waals surface area contributed by atoms with Gasteiger partial charge in [0.25, 0.3) is 5.69 Å². The lowest BCUT2D eigenvalue weighted by Crippen LogP contribution is -2.37. The number of piperidine rings is 1. The van der Waals surface area contributed by atoms with E-state index in [0.29, 0.717) is 30.3 Å². The summed E-state index contributed by atoms with van der Waals surface area (Å²) in [6.45, 7) is 3.30. The predicted molar refractivity (Wildman–Crippen MR) is 99.5 cm³/mol. The van der Waals surface area contributed by atoms with E-state index in [2.05, 4.69) is 6.92 Å². The summed E-state index contributed by atoms with van der Waals surface area (Å²) in [7, 11) is -3.43. The number of benzene rings is 2. The maximum Gasteiger partial charge on any atom is 0.269 e. The molecule has 7 heteroatoms. The summed E-state index contributed by atoms with van der Waals surface area (Å²) >= 11 is 0. The Hall–Kier alpha value is -2.25. The molecule has 0 aromatic heterocycles. The highest BCUT2D eigenvalue weighted by molar-refractivity contribution is 7.89. The Labute approximate surface area is 153 Å². The second-order valence-corrected chi connectivity index (χ2v) is 8.77. The van der Waals surface area contributed by atoms with Gasteiger partial charge in [-0.2, -0.15) is 4.31 Å². The molecule has 1 heterocycles. The number of nitro groups is 1. The molecule has 0 N–H and O–H groups in total. The van der Waals surface area contributed by atoms with Gasteiger partial charge < -0.3 is 0 Å². The number of nitrogens with zero attached hydrogens (tertiary/aromatic N) is 2. The normalized spacial score (nSPS) is 16.5. The average molecular weight is 374 g/mol. The highest BCUT2D eigenvalue weighted by Gasteiger charge is 2.27. The molecule has 2 aromatic rings. The molecule has 1 aliphatic rings. The molecule has 6 nitrogen and oxygen atoms in total. The zero-order valence-corrected chi connectivity index (χ0v) is 15.5. The summed E-state index contributed by atoms with van der Waals surface area (Å²) < 4.78 is 27.0. The lowest BCUT2D eigenvalue weighted by Gasteiger charge is -2.29. The van der Waals surface area contributed by atoms with Crippen LogP contribution in [0.25, 0.3) is 0 Å². The topological polar surface area (TPSA) is 80.5 Å². The van der Waals surface area contributed by atoms with Crippen LogP contribution >= 0.6 is 0 Å². The third-order valence-corrected chi connectivity index (χ3v) is 6.77. The molecule has 0 atom stereocenters. The van der Waals surface area contributed by atoms with Crippen molar-refractivity contribution in [3.05, 3.63) is 69.8 Å². The van der Waals surface area contributed by atoms with Gasteiger partial charge in [-0.3, -0.25) is 10.1 Å². The number of hydrogen-bond acceptors (Lipinski definition) is 4. The molecule has 0 aliphatic carbocycles. The van der Waals surface area contributed by atoms with Crippen LogP contribution in [0.1, 0.15) is 30.9 Å². The molecule has 2 aromatic carbocycles. The number of non-ortho nitro benzene ring substituents is 1. The van der Waals surface area contributed by atoms with Gasteiger partial charge in [0.15, 0.2) is 0 Å². The van der Waals surface area contributed by atoms with Gasteiger partial charge in [0.05, 0.1) is 9.82 Å². The standard InChI is InChI=1S/C19H22N2O4S/c1-15-10-12-20(13-11-15)26(24,25)19-8-4-17(5-9-19)14-16-2-6-18(7-3-16)21(22)23/h2-9,15H,10-14H2,1H3. The van der Waals surface area contributed by atoms with Crippen LogP contribution in [-0.4, -0.2) is 30.7 Å². The van der Waals surface area contributed by atoms with E-state index in [0.717, 1.165) is 24.0 Å². The SMILES string of the molecule is CC1CCN(S(=O)(=O)c2ccc(Cc3ccc([N+](=O)[O-])cc3)cc2)CC1. The van der Waals surface area contributed by atoms with Crippen LogP contribution in [0.2, 0.25) is 0 Å². The van der Waals surface area contributed by atoms with E-state index < -0.39 is 14.9 Å². The number of rotatable bonds is 5. The van der Waals surface area contributed by atoms with Gasteiger partial charge in [-0.15, -0.1) is 0 Å². The Bertz CT molecular complexity index is 869. The first-order chi connectivity index (χ1) is 12.4. The molecular formula is C19H22N2O4S. The summed E-state index contributed by atoms with van der Waals surface area (Å²) in [5.41, 5.74) is 1.97. The van der Waals surface area contributed by atoms with Gasteiger partial charge in [-0.1, -0.05) is 31.2 Å². The summed E-state index contributed by atoms with van der Waals surface area (Å²) in [6.07, 6.45) is 2.40. The largest absolute Gasteiger partial charge is 0.269 e. The number of hydrogen-bond donors (Lipinski definition) is 0. The minimum absolute atomic E-state index is 0.0611. The predicted octanol–water partition coefficient (Wildman–Crippen LogP) is 3.61. The Morgan fingerprint density at radius 2 is 1.50 bits per heavy atom. The van der Waals surface area contributed by atoms with Crippen LogP contribution in [0, 0.1) is 16.0 Å². The summed E-state index contributed by atoms with van der Waals surface area (Å²) in [5, 5.41) is 10.7. The van der Waals surface area contributed by atoms with Crippen molar-refractivity contribution in [2.24, 2.45) is 5.92 Å². The van der Waals surface area contributed by atoms with Gasteiger partial charge in [-0.05, 0) is 48.4 Å². The molecular weight excluding hydrogens is 352 g/mol. The van der Waals surface area contributed by atoms with Crippen LogP contribution in [0.4, 0.5) is 5.69 Å². The molecule has 0 amide bonds. The highest BCUT2D eigenvalue weighted by Crippen LogP contribution is 2.24. The minimum atomic E-state index is -3.43. The van der Waals surface area contributed by atoms with E-state index in [1.54, 1.807) is 40.7 Å². The first-order valence-electron chi connectivity index (χ1n) is 8.68. The molecule has 1 saturated heterocycles. The van der Waals surface area contributed by atoms with Crippen LogP contribution in [0.15, 0.2) is 53.4 Å². The fourth-order valence-electron chi connectivity index (χ4n) is 3.12. The summed E-state index contributed by atoms with van der Waals surface area (Å²) in [4.78, 5) is 10.6. The number of nitro benzene ring substituents is 1. The Morgan fingerprint density at radius 3 is 2.00 bits per heavy atom. The minimum Gasteiger partial charge on any atom is -0.258 e. The van der Waals surface area contributed by atoms with Crippen molar-refractivity contribution in [3.8, 4) is 0 Å². The van der Waals surface area contributed by atoms with Crippen molar-refractivity contribution in [1.29, 1.82) is 0 Å². The van der Waals surface area contributed by atoms with E-state index >= 15 is 0 Å². The van der Waals surface area contributed by atoms with Crippen LogP contribution < -0.4 is 0 Å². The van der Waals surface area contributed by atoms with Crippen LogP contribution in [0.3, 0.4) is 0 Å². The van der Waals surface area contributed by atoms with Crippen molar-refractivity contribution in [2.45, 2.75) is 31.1 Å². The quantitative estimate of drug-likeness (QED) is 0.591. The second-order valence-electron chi connectivity index (χ2n) is 6.83. The van der Waals surface area contributed by atoms with Gasteiger partial charge in [0, 0.05) is 25.2 Å². The second kappa shape index (κ2) is 7.55. The van der Waals surface area contributed by atoms with Crippen LogP contribution in [0.5, 0.6) is 0 Å². The smallest absolute Gasteiger partial charge is 0.258 e. The maximum atomic E-state index is 12.7. The van der Waals surface area contributed by atoms with E-state index in [9.17, 15) is 18.5 Å². The molecule has 138 valence electrons. The van der Waals surface area contributed by atoms with Crippen molar-refractivity contribution >= 4 is 15.7 Å². The van der Waals surface area contributed by atoms with Crippen molar-refractivity contribution in [3.63, 3.8) is 0 Å². The van der Waals surface area contributed by atoms with E-state index in [-0.39, 0.29) is 5.69 Å². The van der Waals surface area contributed by atoms with Crippen molar-refractivity contribution in [1.82, 2.24) is 4.31 Å². The molecule has 0 saturated carbocycles. The zero-order chi connectivity index (χ0) is 18.7. The first kappa shape index (κ1) is 18.5. The average Bonchev–Trinajstić information content (AvgIpc) is 2.63. The maximum absolute atomic E-state index is 12.7. The monoisotopic (exact) mass is 374 g/mol. The van der Waals surface area contributed by atoms with E-state index in [1.165, 1.54) is 12.1 Å². The van der Waals surface area contributed by atoms with Gasteiger partial charge >= 0.3 is 0 Å². The summed E-state index contributed by atoms with van der Waals surface area (Å²) in [6, 6.07) is 13.3. The number of sulfonamides is 1. The van der Waals surface area contributed by atoms with Gasteiger partial charge in [-0.25, -0.2) is 8.42 Å². The molecule has 26 heavy (non-hydrogen) atoms. The Kier molecular flexibility index (Phi) is 5.38. The lowest BCUT2D eigenvalue weighted by atomic mass is 10.0. The molecule has 0 spiro atoms. The fourth-order valence-corrected chi connectivity index (χ4v) is 4.59. The van der Waals surface area contributed by atoms with Crippen molar-refractivity contribution in [2.75, 3.05) is 13.1 Å². The molecule has 0 bridgehead atoms. The Morgan fingerprint density at radius 1 is 1.00 bits per heavy atom.